The van der Waals surface area contributed by atoms with Crippen molar-refractivity contribution in [2.45, 2.75) is 38.5 Å². The lowest BCUT2D eigenvalue weighted by molar-refractivity contribution is -0.139. The molecule has 130 valence electrons. The fourth-order valence-corrected chi connectivity index (χ4v) is 4.16. The Labute approximate surface area is 148 Å². The first kappa shape index (κ1) is 17.2. The molecule has 1 aromatic rings. The Morgan fingerprint density at radius 1 is 1.00 bits per heavy atom. The number of amides is 2. The van der Waals surface area contributed by atoms with Gasteiger partial charge in [-0.05, 0) is 43.2 Å². The molecule has 2 amide bonds. The van der Waals surface area contributed by atoms with Crippen LogP contribution in [0.2, 0.25) is 0 Å². The lowest BCUT2D eigenvalue weighted by atomic mass is 9.95. The molecule has 1 aromatic heterocycles. The first-order chi connectivity index (χ1) is 11.7. The molecule has 0 spiro atoms. The molecule has 0 atom stereocenters. The molecule has 0 aliphatic carbocycles. The molecular weight excluding hydrogens is 320 g/mol. The van der Waals surface area contributed by atoms with Gasteiger partial charge in [0.1, 0.15) is 0 Å². The highest BCUT2D eigenvalue weighted by atomic mass is 32.1. The van der Waals surface area contributed by atoms with Crippen molar-refractivity contribution in [1.82, 2.24) is 9.80 Å². The molecule has 0 radical (unpaired) electrons. The molecule has 2 fully saturated rings. The molecule has 0 saturated carbocycles. The molecule has 0 N–H and O–H groups in total. The summed E-state index contributed by atoms with van der Waals surface area (Å²) in [6, 6.07) is 3.98. The van der Waals surface area contributed by atoms with Gasteiger partial charge in [0.15, 0.2) is 0 Å². The van der Waals surface area contributed by atoms with E-state index in [1.54, 1.807) is 17.4 Å². The highest BCUT2D eigenvalue weighted by molar-refractivity contribution is 7.10. The second-order valence-corrected chi connectivity index (χ2v) is 7.67. The summed E-state index contributed by atoms with van der Waals surface area (Å²) in [7, 11) is 0. The number of carbonyl (C=O) groups excluding carboxylic acids is 2. The Hall–Kier alpha value is -1.62. The highest BCUT2D eigenvalue weighted by Gasteiger charge is 2.29. The SMILES string of the molecule is O=C(/C=C/c1cccs1)N1CCC(C(=O)N2CCCCCC2)CC1. The summed E-state index contributed by atoms with van der Waals surface area (Å²) in [6.45, 7) is 3.22. The van der Waals surface area contributed by atoms with Gasteiger partial charge in [0, 0.05) is 43.1 Å². The quantitative estimate of drug-likeness (QED) is 0.787. The van der Waals surface area contributed by atoms with Crippen LogP contribution in [0.15, 0.2) is 23.6 Å². The predicted octanol–water partition coefficient (Wildman–Crippen LogP) is 3.40. The predicted molar refractivity (Wildman–Crippen MR) is 97.7 cm³/mol. The summed E-state index contributed by atoms with van der Waals surface area (Å²) in [5.41, 5.74) is 0. The maximum Gasteiger partial charge on any atom is 0.246 e. The van der Waals surface area contributed by atoms with Gasteiger partial charge in [-0.25, -0.2) is 0 Å². The van der Waals surface area contributed by atoms with E-state index in [-0.39, 0.29) is 11.8 Å². The van der Waals surface area contributed by atoms with Crippen molar-refractivity contribution < 1.29 is 9.59 Å². The number of hydrogen-bond acceptors (Lipinski definition) is 3. The minimum atomic E-state index is 0.0593. The van der Waals surface area contributed by atoms with Crippen molar-refractivity contribution in [3.63, 3.8) is 0 Å². The molecule has 3 rings (SSSR count). The molecule has 0 aromatic carbocycles. The van der Waals surface area contributed by atoms with Gasteiger partial charge in [0.05, 0.1) is 0 Å². The minimum absolute atomic E-state index is 0.0593. The van der Waals surface area contributed by atoms with Gasteiger partial charge in [0.2, 0.25) is 11.8 Å². The van der Waals surface area contributed by atoms with E-state index >= 15 is 0 Å². The van der Waals surface area contributed by atoms with E-state index in [1.807, 2.05) is 28.5 Å². The number of hydrogen-bond donors (Lipinski definition) is 0. The van der Waals surface area contributed by atoms with E-state index in [0.29, 0.717) is 19.0 Å². The Morgan fingerprint density at radius 3 is 2.33 bits per heavy atom. The Morgan fingerprint density at radius 2 is 1.71 bits per heavy atom. The summed E-state index contributed by atoms with van der Waals surface area (Å²) < 4.78 is 0. The molecular formula is C19H26N2O2S. The van der Waals surface area contributed by atoms with Crippen LogP contribution in [-0.2, 0) is 9.59 Å². The highest BCUT2D eigenvalue weighted by Crippen LogP contribution is 2.22. The van der Waals surface area contributed by atoms with Crippen LogP contribution in [-0.4, -0.2) is 47.8 Å². The van der Waals surface area contributed by atoms with Crippen LogP contribution >= 0.6 is 11.3 Å². The molecule has 4 nitrogen and oxygen atoms in total. The van der Waals surface area contributed by atoms with Crippen LogP contribution in [0.1, 0.15) is 43.4 Å². The van der Waals surface area contributed by atoms with Crippen molar-refractivity contribution in [1.29, 1.82) is 0 Å². The van der Waals surface area contributed by atoms with Gasteiger partial charge in [0.25, 0.3) is 0 Å². The zero-order chi connectivity index (χ0) is 16.8. The van der Waals surface area contributed by atoms with Crippen molar-refractivity contribution >= 4 is 29.2 Å². The van der Waals surface area contributed by atoms with Gasteiger partial charge < -0.3 is 9.80 Å². The van der Waals surface area contributed by atoms with Crippen LogP contribution in [0.5, 0.6) is 0 Å². The normalized spacial score (nSPS) is 20.3. The summed E-state index contributed by atoms with van der Waals surface area (Å²) in [5, 5.41) is 2.00. The maximum absolute atomic E-state index is 12.7. The lowest BCUT2D eigenvalue weighted by Crippen LogP contribution is -2.44. The smallest absolute Gasteiger partial charge is 0.246 e. The Bertz CT molecular complexity index is 566. The second-order valence-electron chi connectivity index (χ2n) is 6.69. The first-order valence-corrected chi connectivity index (χ1v) is 9.91. The van der Waals surface area contributed by atoms with Crippen LogP contribution in [0.4, 0.5) is 0 Å². The van der Waals surface area contributed by atoms with Crippen molar-refractivity contribution in [2.24, 2.45) is 5.92 Å². The average molecular weight is 346 g/mol. The third-order valence-electron chi connectivity index (χ3n) is 5.01. The van der Waals surface area contributed by atoms with Gasteiger partial charge >= 0.3 is 0 Å². The summed E-state index contributed by atoms with van der Waals surface area (Å²) >= 11 is 1.63. The molecule has 2 aliphatic heterocycles. The van der Waals surface area contributed by atoms with E-state index in [2.05, 4.69) is 4.90 Å². The van der Waals surface area contributed by atoms with E-state index in [0.717, 1.165) is 43.6 Å². The number of carbonyl (C=O) groups is 2. The number of rotatable bonds is 3. The minimum Gasteiger partial charge on any atom is -0.342 e. The fourth-order valence-electron chi connectivity index (χ4n) is 3.54. The zero-order valence-electron chi connectivity index (χ0n) is 14.2. The van der Waals surface area contributed by atoms with Gasteiger partial charge in [-0.15, -0.1) is 11.3 Å². The van der Waals surface area contributed by atoms with Crippen molar-refractivity contribution in [2.75, 3.05) is 26.2 Å². The number of nitrogens with zero attached hydrogens (tertiary/aromatic N) is 2. The largest absolute Gasteiger partial charge is 0.342 e. The number of piperidine rings is 1. The Kier molecular flexibility index (Phi) is 6.07. The van der Waals surface area contributed by atoms with Gasteiger partial charge in [-0.2, -0.15) is 0 Å². The monoisotopic (exact) mass is 346 g/mol. The van der Waals surface area contributed by atoms with E-state index < -0.39 is 0 Å². The zero-order valence-corrected chi connectivity index (χ0v) is 15.0. The van der Waals surface area contributed by atoms with Crippen LogP contribution in [0.3, 0.4) is 0 Å². The average Bonchev–Trinajstić information content (AvgIpc) is 2.99. The van der Waals surface area contributed by atoms with Crippen molar-refractivity contribution in [3.8, 4) is 0 Å². The molecule has 2 saturated heterocycles. The standard InChI is InChI=1S/C19H26N2O2S/c22-18(8-7-17-6-5-15-24-17)20-13-9-16(10-14-20)19(23)21-11-3-1-2-4-12-21/h5-8,15-16H,1-4,9-14H2/b8-7+. The summed E-state index contributed by atoms with van der Waals surface area (Å²) in [4.78, 5) is 30.0. The van der Waals surface area contributed by atoms with Gasteiger partial charge in [-0.3, -0.25) is 9.59 Å². The van der Waals surface area contributed by atoms with Crippen molar-refractivity contribution in [3.05, 3.63) is 28.5 Å². The third-order valence-corrected chi connectivity index (χ3v) is 5.84. The Balaban J connectivity index is 1.48. The molecule has 5 heteroatoms. The van der Waals surface area contributed by atoms with Gasteiger partial charge in [-0.1, -0.05) is 18.9 Å². The fraction of sp³-hybridized carbons (Fsp3) is 0.579. The molecule has 0 bridgehead atoms. The number of likely N-dealkylation sites (tertiary alicyclic amines) is 2. The summed E-state index contributed by atoms with van der Waals surface area (Å²) in [6.07, 6.45) is 9.89. The second kappa shape index (κ2) is 8.47. The van der Waals surface area contributed by atoms with E-state index in [1.165, 1.54) is 12.8 Å². The molecule has 24 heavy (non-hydrogen) atoms. The maximum atomic E-state index is 12.7. The van der Waals surface area contributed by atoms with Crippen LogP contribution in [0.25, 0.3) is 6.08 Å². The first-order valence-electron chi connectivity index (χ1n) is 9.03. The van der Waals surface area contributed by atoms with Crippen LogP contribution in [0, 0.1) is 5.92 Å². The molecule has 2 aliphatic rings. The van der Waals surface area contributed by atoms with Crippen LogP contribution < -0.4 is 0 Å². The summed E-state index contributed by atoms with van der Waals surface area (Å²) in [5.74, 6) is 0.482. The van der Waals surface area contributed by atoms with E-state index in [9.17, 15) is 9.59 Å². The molecule has 0 unspecified atom stereocenters. The lowest BCUT2D eigenvalue weighted by Gasteiger charge is -2.33. The van der Waals surface area contributed by atoms with E-state index in [4.69, 9.17) is 0 Å². The molecule has 3 heterocycles. The third kappa shape index (κ3) is 4.47. The number of thiophene rings is 1. The topological polar surface area (TPSA) is 40.6 Å².